The molecule has 0 aliphatic carbocycles. The van der Waals surface area contributed by atoms with Crippen molar-refractivity contribution in [3.63, 3.8) is 0 Å². The molecule has 0 atom stereocenters. The monoisotopic (exact) mass is 256 g/mol. The first-order valence-corrected chi connectivity index (χ1v) is 6.30. The van der Waals surface area contributed by atoms with E-state index in [4.69, 9.17) is 4.74 Å². The van der Waals surface area contributed by atoms with Gasteiger partial charge in [-0.25, -0.2) is 9.97 Å². The fourth-order valence-electron chi connectivity index (χ4n) is 1.66. The van der Waals surface area contributed by atoms with Crippen LogP contribution in [0.5, 0.6) is 0 Å². The van der Waals surface area contributed by atoms with Gasteiger partial charge >= 0.3 is 5.97 Å². The lowest BCUT2D eigenvalue weighted by Gasteiger charge is -2.04. The lowest BCUT2D eigenvalue weighted by molar-refractivity contribution is -0.145. The number of aromatic nitrogens is 2. The second-order valence-corrected chi connectivity index (χ2v) is 4.16. The molecule has 2 rings (SSSR count). The van der Waals surface area contributed by atoms with Gasteiger partial charge in [-0.3, -0.25) is 4.79 Å². The van der Waals surface area contributed by atoms with Crippen molar-refractivity contribution in [3.8, 4) is 0 Å². The van der Waals surface area contributed by atoms with E-state index in [2.05, 4.69) is 9.97 Å². The van der Waals surface area contributed by atoms with Gasteiger partial charge in [0.05, 0.1) is 0 Å². The second-order valence-electron chi connectivity index (χ2n) is 4.16. The summed E-state index contributed by atoms with van der Waals surface area (Å²) in [5.74, 6) is 0.582. The normalized spacial score (nSPS) is 10.1. The van der Waals surface area contributed by atoms with Crippen LogP contribution in [0.15, 0.2) is 48.8 Å². The lowest BCUT2D eigenvalue weighted by Crippen LogP contribution is -2.05. The molecule has 0 saturated carbocycles. The van der Waals surface area contributed by atoms with E-state index in [1.54, 1.807) is 18.5 Å². The van der Waals surface area contributed by atoms with Crippen molar-refractivity contribution in [3.05, 3.63) is 60.2 Å². The largest absolute Gasteiger partial charge is 0.461 e. The van der Waals surface area contributed by atoms with E-state index in [1.165, 1.54) is 0 Å². The van der Waals surface area contributed by atoms with Gasteiger partial charge in [0.1, 0.15) is 12.4 Å². The predicted molar refractivity (Wildman–Crippen MR) is 71.2 cm³/mol. The van der Waals surface area contributed by atoms with Crippen molar-refractivity contribution in [2.24, 2.45) is 0 Å². The number of hydrogen-bond donors (Lipinski definition) is 0. The van der Waals surface area contributed by atoms with Crippen LogP contribution in [0.1, 0.15) is 24.2 Å². The van der Waals surface area contributed by atoms with Crippen LogP contribution >= 0.6 is 0 Å². The molecule has 1 heterocycles. The minimum atomic E-state index is -0.181. The van der Waals surface area contributed by atoms with Gasteiger partial charge in [0.2, 0.25) is 0 Å². The number of benzene rings is 1. The van der Waals surface area contributed by atoms with Crippen LogP contribution in [0.4, 0.5) is 0 Å². The van der Waals surface area contributed by atoms with Crippen LogP contribution < -0.4 is 0 Å². The Kier molecular flexibility index (Phi) is 5.05. The Hall–Kier alpha value is -2.23. The zero-order chi connectivity index (χ0) is 13.3. The summed E-state index contributed by atoms with van der Waals surface area (Å²) in [5, 5.41) is 0. The van der Waals surface area contributed by atoms with Crippen molar-refractivity contribution >= 4 is 5.97 Å². The number of carbonyl (C=O) groups is 1. The molecule has 4 heteroatoms. The van der Waals surface area contributed by atoms with Gasteiger partial charge in [-0.15, -0.1) is 0 Å². The molecule has 0 radical (unpaired) electrons. The van der Waals surface area contributed by atoms with Crippen LogP contribution in [-0.2, 0) is 22.6 Å². The molecule has 1 aromatic carbocycles. The van der Waals surface area contributed by atoms with Gasteiger partial charge in [-0.05, 0) is 18.1 Å². The maximum absolute atomic E-state index is 11.5. The van der Waals surface area contributed by atoms with Crippen molar-refractivity contribution in [1.29, 1.82) is 0 Å². The molecule has 98 valence electrons. The number of carbonyl (C=O) groups excluding carboxylic acids is 1. The third kappa shape index (κ3) is 4.87. The summed E-state index contributed by atoms with van der Waals surface area (Å²) < 4.78 is 5.19. The van der Waals surface area contributed by atoms with Crippen molar-refractivity contribution < 1.29 is 9.53 Å². The molecule has 0 aliphatic heterocycles. The molecule has 2 aromatic rings. The first kappa shape index (κ1) is 13.2. The van der Waals surface area contributed by atoms with E-state index in [0.29, 0.717) is 25.9 Å². The minimum Gasteiger partial charge on any atom is -0.461 e. The van der Waals surface area contributed by atoms with Gasteiger partial charge in [0.25, 0.3) is 0 Å². The number of rotatable bonds is 6. The molecular weight excluding hydrogens is 240 g/mol. The molecule has 0 fully saturated rings. The number of nitrogens with zero attached hydrogens (tertiary/aromatic N) is 2. The number of aryl methyl sites for hydroxylation is 1. The molecule has 0 saturated heterocycles. The van der Waals surface area contributed by atoms with Crippen molar-refractivity contribution in [2.75, 3.05) is 0 Å². The van der Waals surface area contributed by atoms with Crippen LogP contribution in [-0.4, -0.2) is 15.9 Å². The smallest absolute Gasteiger partial charge is 0.306 e. The zero-order valence-corrected chi connectivity index (χ0v) is 10.7. The summed E-state index contributed by atoms with van der Waals surface area (Å²) in [5.41, 5.74) is 1.00. The molecule has 0 N–H and O–H groups in total. The average Bonchev–Trinajstić information content (AvgIpc) is 2.47. The third-order valence-corrected chi connectivity index (χ3v) is 2.64. The Morgan fingerprint density at radius 2 is 1.79 bits per heavy atom. The summed E-state index contributed by atoms with van der Waals surface area (Å²) in [6.07, 6.45) is 5.20. The highest BCUT2D eigenvalue weighted by Crippen LogP contribution is 2.04. The van der Waals surface area contributed by atoms with E-state index in [9.17, 15) is 4.79 Å². The van der Waals surface area contributed by atoms with Crippen LogP contribution in [0.3, 0.4) is 0 Å². The highest BCUT2D eigenvalue weighted by molar-refractivity contribution is 5.69. The quantitative estimate of drug-likeness (QED) is 0.745. The van der Waals surface area contributed by atoms with E-state index in [-0.39, 0.29) is 5.97 Å². The van der Waals surface area contributed by atoms with E-state index >= 15 is 0 Å². The SMILES string of the molecule is O=C(CCCc1ncccn1)OCc1ccccc1. The Bertz CT molecular complexity index is 500. The molecule has 0 bridgehead atoms. The first-order chi connectivity index (χ1) is 9.34. The Balaban J connectivity index is 1.65. The van der Waals surface area contributed by atoms with E-state index < -0.39 is 0 Å². The van der Waals surface area contributed by atoms with Crippen LogP contribution in [0.2, 0.25) is 0 Å². The molecule has 1 aromatic heterocycles. The van der Waals surface area contributed by atoms with E-state index in [1.807, 2.05) is 30.3 Å². The Morgan fingerprint density at radius 3 is 2.53 bits per heavy atom. The summed E-state index contributed by atoms with van der Waals surface area (Å²) in [6, 6.07) is 11.4. The lowest BCUT2D eigenvalue weighted by atomic mass is 10.2. The second kappa shape index (κ2) is 7.26. The molecule has 19 heavy (non-hydrogen) atoms. The fourth-order valence-corrected chi connectivity index (χ4v) is 1.66. The minimum absolute atomic E-state index is 0.181. The molecular formula is C15H16N2O2. The van der Waals surface area contributed by atoms with Crippen LogP contribution in [0.25, 0.3) is 0 Å². The summed E-state index contributed by atoms with van der Waals surface area (Å²) >= 11 is 0. The molecule has 0 unspecified atom stereocenters. The van der Waals surface area contributed by atoms with Crippen molar-refractivity contribution in [1.82, 2.24) is 9.97 Å². The molecule has 0 aliphatic rings. The molecule has 4 nitrogen and oxygen atoms in total. The Labute approximate surface area is 112 Å². The summed E-state index contributed by atoms with van der Waals surface area (Å²) in [6.45, 7) is 0.335. The van der Waals surface area contributed by atoms with E-state index in [0.717, 1.165) is 11.4 Å². The highest BCUT2D eigenvalue weighted by Gasteiger charge is 2.04. The Morgan fingerprint density at radius 1 is 1.05 bits per heavy atom. The topological polar surface area (TPSA) is 52.1 Å². The molecule has 0 amide bonds. The predicted octanol–water partition coefficient (Wildman–Crippen LogP) is 2.54. The molecule has 0 spiro atoms. The van der Waals surface area contributed by atoms with Gasteiger partial charge in [-0.1, -0.05) is 30.3 Å². The maximum Gasteiger partial charge on any atom is 0.306 e. The summed E-state index contributed by atoms with van der Waals surface area (Å²) in [7, 11) is 0. The van der Waals surface area contributed by atoms with Gasteiger partial charge in [0, 0.05) is 25.2 Å². The zero-order valence-electron chi connectivity index (χ0n) is 10.7. The number of hydrogen-bond acceptors (Lipinski definition) is 4. The summed E-state index contributed by atoms with van der Waals surface area (Å²) in [4.78, 5) is 19.8. The first-order valence-electron chi connectivity index (χ1n) is 6.30. The average molecular weight is 256 g/mol. The van der Waals surface area contributed by atoms with Crippen molar-refractivity contribution in [2.45, 2.75) is 25.9 Å². The highest BCUT2D eigenvalue weighted by atomic mass is 16.5. The third-order valence-electron chi connectivity index (χ3n) is 2.64. The van der Waals surface area contributed by atoms with Crippen LogP contribution in [0, 0.1) is 0 Å². The maximum atomic E-state index is 11.5. The van der Waals surface area contributed by atoms with Gasteiger partial charge < -0.3 is 4.74 Å². The standard InChI is InChI=1S/C15H16N2O2/c18-15(19-12-13-6-2-1-3-7-13)9-4-8-14-16-10-5-11-17-14/h1-3,5-7,10-11H,4,8-9,12H2. The number of ether oxygens (including phenoxy) is 1. The van der Waals surface area contributed by atoms with Gasteiger partial charge in [0.15, 0.2) is 0 Å². The van der Waals surface area contributed by atoms with Gasteiger partial charge in [-0.2, -0.15) is 0 Å². The fraction of sp³-hybridized carbons (Fsp3) is 0.267. The number of esters is 1.